The molecule has 0 amide bonds. The Morgan fingerprint density at radius 2 is 1.91 bits per heavy atom. The Labute approximate surface area is 140 Å². The van der Waals surface area contributed by atoms with Gasteiger partial charge in [0.1, 0.15) is 0 Å². The van der Waals surface area contributed by atoms with Crippen molar-refractivity contribution >= 4 is 5.71 Å². The third kappa shape index (κ3) is 2.47. The van der Waals surface area contributed by atoms with Crippen LogP contribution in [0.4, 0.5) is 0 Å². The fourth-order valence-corrected chi connectivity index (χ4v) is 6.50. The molecule has 1 N–H and O–H groups in total. The van der Waals surface area contributed by atoms with Crippen LogP contribution < -0.4 is 0 Å². The summed E-state index contributed by atoms with van der Waals surface area (Å²) in [6, 6.07) is 0. The highest BCUT2D eigenvalue weighted by atomic mass is 16.3. The second-order valence-electron chi connectivity index (χ2n) is 8.91. The summed E-state index contributed by atoms with van der Waals surface area (Å²) >= 11 is 0. The van der Waals surface area contributed by atoms with Crippen molar-refractivity contribution in [3.05, 3.63) is 11.6 Å². The minimum Gasteiger partial charge on any atom is -0.393 e. The van der Waals surface area contributed by atoms with Crippen LogP contribution in [-0.2, 0) is 0 Å². The molecule has 0 heterocycles. The van der Waals surface area contributed by atoms with Crippen molar-refractivity contribution in [3.63, 3.8) is 0 Å². The molecular weight excluding hydrogens is 284 g/mol. The van der Waals surface area contributed by atoms with Gasteiger partial charge in [-0.05, 0) is 86.5 Å². The fourth-order valence-electron chi connectivity index (χ4n) is 6.50. The number of fused-ring (bicyclic) bond motifs is 5. The van der Waals surface area contributed by atoms with E-state index in [1.165, 1.54) is 44.2 Å². The van der Waals surface area contributed by atoms with Crippen molar-refractivity contribution in [1.82, 2.24) is 5.01 Å². The minimum absolute atomic E-state index is 0.0458. The normalized spacial score (nSPS) is 47.6. The van der Waals surface area contributed by atoms with Crippen LogP contribution in [0, 0.1) is 29.1 Å². The molecule has 3 nitrogen and oxygen atoms in total. The van der Waals surface area contributed by atoms with Gasteiger partial charge in [-0.25, -0.2) is 0 Å². The predicted octanol–water partition coefficient (Wildman–Crippen LogP) is 3.84. The van der Waals surface area contributed by atoms with Gasteiger partial charge in [0.25, 0.3) is 0 Å². The number of hydrogen-bond donors (Lipinski definition) is 1. The van der Waals surface area contributed by atoms with Gasteiger partial charge in [-0.3, -0.25) is 0 Å². The first-order valence-corrected chi connectivity index (χ1v) is 9.62. The summed E-state index contributed by atoms with van der Waals surface area (Å²) in [6.07, 6.45) is 12.3. The number of aliphatic hydroxyl groups is 1. The summed E-state index contributed by atoms with van der Waals surface area (Å²) in [5, 5.41) is 17.1. The zero-order valence-corrected chi connectivity index (χ0v) is 15.0. The van der Waals surface area contributed by atoms with Crippen LogP contribution in [-0.4, -0.2) is 36.0 Å². The van der Waals surface area contributed by atoms with Crippen molar-refractivity contribution in [1.29, 1.82) is 0 Å². The molecule has 0 radical (unpaired) electrons. The minimum atomic E-state index is -0.0458. The van der Waals surface area contributed by atoms with E-state index in [9.17, 15) is 5.11 Å². The van der Waals surface area contributed by atoms with E-state index in [-0.39, 0.29) is 11.5 Å². The number of rotatable bonds is 1. The van der Waals surface area contributed by atoms with Gasteiger partial charge in [0, 0.05) is 14.1 Å². The molecule has 4 aliphatic rings. The first-order valence-electron chi connectivity index (χ1n) is 9.62. The maximum atomic E-state index is 10.5. The highest BCUT2D eigenvalue weighted by molar-refractivity contribution is 5.96. The van der Waals surface area contributed by atoms with Crippen LogP contribution in [0.25, 0.3) is 0 Å². The van der Waals surface area contributed by atoms with E-state index >= 15 is 0 Å². The Morgan fingerprint density at radius 3 is 2.70 bits per heavy atom. The van der Waals surface area contributed by atoms with Crippen LogP contribution in [0.3, 0.4) is 0 Å². The quantitative estimate of drug-likeness (QED) is 0.746. The highest BCUT2D eigenvalue weighted by Crippen LogP contribution is 2.61. The highest BCUT2D eigenvalue weighted by Gasteiger charge is 2.55. The lowest BCUT2D eigenvalue weighted by molar-refractivity contribution is -0.0525. The average Bonchev–Trinajstić information content (AvgIpc) is 2.82. The van der Waals surface area contributed by atoms with Crippen molar-refractivity contribution in [2.45, 2.75) is 64.4 Å². The SMILES string of the molecule is CN(C)/N=C1\C=C2CC[C@@H]3[C@H](CC[C@]4(C)[C@@H](O)CC[C@@H]34)[C@H]2CC1. The van der Waals surface area contributed by atoms with E-state index in [4.69, 9.17) is 0 Å². The van der Waals surface area contributed by atoms with Gasteiger partial charge in [-0.1, -0.05) is 12.5 Å². The molecular formula is C20H32N2O. The number of hydrazone groups is 1. The third-order valence-corrected chi connectivity index (χ3v) is 7.59. The smallest absolute Gasteiger partial charge is 0.0605 e. The first-order chi connectivity index (χ1) is 11.0. The molecule has 0 bridgehead atoms. The third-order valence-electron chi connectivity index (χ3n) is 7.59. The molecule has 0 aromatic heterocycles. The predicted molar refractivity (Wildman–Crippen MR) is 94.2 cm³/mol. The molecule has 0 aromatic carbocycles. The number of hydrogen-bond acceptors (Lipinski definition) is 3. The lowest BCUT2D eigenvalue weighted by Gasteiger charge is -2.53. The summed E-state index contributed by atoms with van der Waals surface area (Å²) in [5.74, 6) is 3.31. The number of aliphatic hydroxyl groups excluding tert-OH is 1. The van der Waals surface area contributed by atoms with Gasteiger partial charge in [-0.15, -0.1) is 0 Å². The van der Waals surface area contributed by atoms with Gasteiger partial charge in [0.05, 0.1) is 11.8 Å². The molecule has 4 rings (SSSR count). The van der Waals surface area contributed by atoms with Crippen LogP contribution in [0.2, 0.25) is 0 Å². The van der Waals surface area contributed by atoms with E-state index in [1.807, 2.05) is 19.1 Å². The summed E-state index contributed by atoms with van der Waals surface area (Å²) in [4.78, 5) is 0. The van der Waals surface area contributed by atoms with Crippen LogP contribution in [0.15, 0.2) is 16.8 Å². The molecule has 128 valence electrons. The average molecular weight is 316 g/mol. The van der Waals surface area contributed by atoms with Gasteiger partial charge in [-0.2, -0.15) is 5.10 Å². The van der Waals surface area contributed by atoms with Crippen molar-refractivity contribution < 1.29 is 5.11 Å². The Bertz CT molecular complexity index is 538. The van der Waals surface area contributed by atoms with Gasteiger partial charge in [0.2, 0.25) is 0 Å². The van der Waals surface area contributed by atoms with E-state index in [0.717, 1.165) is 36.5 Å². The lowest BCUT2D eigenvalue weighted by atomic mass is 9.52. The largest absolute Gasteiger partial charge is 0.393 e. The molecule has 3 heteroatoms. The maximum absolute atomic E-state index is 10.5. The molecule has 0 unspecified atom stereocenters. The van der Waals surface area contributed by atoms with E-state index in [0.29, 0.717) is 0 Å². The maximum Gasteiger partial charge on any atom is 0.0605 e. The van der Waals surface area contributed by atoms with Gasteiger partial charge in [0.15, 0.2) is 0 Å². The van der Waals surface area contributed by atoms with Crippen molar-refractivity contribution in [2.24, 2.45) is 34.2 Å². The Balaban J connectivity index is 1.57. The zero-order chi connectivity index (χ0) is 16.2. The van der Waals surface area contributed by atoms with Crippen molar-refractivity contribution in [3.8, 4) is 0 Å². The Kier molecular flexibility index (Phi) is 3.83. The second-order valence-corrected chi connectivity index (χ2v) is 8.91. The Morgan fingerprint density at radius 1 is 1.09 bits per heavy atom. The van der Waals surface area contributed by atoms with Crippen LogP contribution in [0.1, 0.15) is 58.3 Å². The number of allylic oxidation sites excluding steroid dienone is 2. The molecule has 0 aliphatic heterocycles. The standard InChI is InChI=1S/C20H32N2O/c1-20-11-10-16-15-7-5-14(21-22(2)3)12-13(15)4-6-17(16)18(20)8-9-19(20)23/h12,15-19,23H,4-11H2,1-3H3/b21-14-/t15-,16+,17+,18-,19-,20-/m0/s1. The molecule has 0 saturated heterocycles. The molecule has 3 fully saturated rings. The lowest BCUT2D eigenvalue weighted by Crippen LogP contribution is -2.47. The summed E-state index contributed by atoms with van der Waals surface area (Å²) in [5.41, 5.74) is 3.17. The van der Waals surface area contributed by atoms with E-state index in [1.54, 1.807) is 5.57 Å². The summed E-state index contributed by atoms with van der Waals surface area (Å²) in [6.45, 7) is 2.37. The topological polar surface area (TPSA) is 35.8 Å². The van der Waals surface area contributed by atoms with Crippen LogP contribution in [0.5, 0.6) is 0 Å². The van der Waals surface area contributed by atoms with Gasteiger partial charge >= 0.3 is 0 Å². The molecule has 6 atom stereocenters. The number of nitrogens with zero attached hydrogens (tertiary/aromatic N) is 2. The molecule has 3 saturated carbocycles. The summed E-state index contributed by atoms with van der Waals surface area (Å²) in [7, 11) is 4.03. The van der Waals surface area contributed by atoms with Crippen LogP contribution >= 0.6 is 0 Å². The fraction of sp³-hybridized carbons (Fsp3) is 0.850. The molecule has 0 aromatic rings. The molecule has 4 aliphatic carbocycles. The monoisotopic (exact) mass is 316 g/mol. The second kappa shape index (κ2) is 5.61. The van der Waals surface area contributed by atoms with Gasteiger partial charge < -0.3 is 10.1 Å². The Hall–Kier alpha value is -0.830. The first kappa shape index (κ1) is 15.7. The van der Waals surface area contributed by atoms with E-state index < -0.39 is 0 Å². The molecule has 0 spiro atoms. The molecule has 23 heavy (non-hydrogen) atoms. The summed E-state index contributed by atoms with van der Waals surface area (Å²) < 4.78 is 0. The van der Waals surface area contributed by atoms with Crippen molar-refractivity contribution in [2.75, 3.05) is 14.1 Å². The van der Waals surface area contributed by atoms with E-state index in [2.05, 4.69) is 18.1 Å². The zero-order valence-electron chi connectivity index (χ0n) is 15.0.